The Balaban J connectivity index is 2.12. The van der Waals surface area contributed by atoms with E-state index in [1.165, 1.54) is 12.0 Å². The molecule has 0 fully saturated rings. The molecule has 2 nitrogen and oxygen atoms in total. The van der Waals surface area contributed by atoms with E-state index in [1.807, 2.05) is 12.1 Å². The van der Waals surface area contributed by atoms with Crippen LogP contribution in [0.2, 0.25) is 0 Å². The van der Waals surface area contributed by atoms with Crippen molar-refractivity contribution < 1.29 is 4.74 Å². The number of nitrogens with one attached hydrogen (secondary N) is 1. The summed E-state index contributed by atoms with van der Waals surface area (Å²) >= 11 is 0. The van der Waals surface area contributed by atoms with E-state index in [2.05, 4.69) is 38.2 Å². The summed E-state index contributed by atoms with van der Waals surface area (Å²) < 4.78 is 5.71. The van der Waals surface area contributed by atoms with Gasteiger partial charge in [0.2, 0.25) is 0 Å². The lowest BCUT2D eigenvalue weighted by Crippen LogP contribution is -2.23. The van der Waals surface area contributed by atoms with Crippen LogP contribution in [0.5, 0.6) is 5.75 Å². The standard InChI is InChI=1S/C15H25NO/c1-4-10-16-12-14(3)9-11-17-15-7-5-13(2)6-8-15/h5-8,14,16H,4,9-12H2,1-3H3/t14-/m1/s1. The van der Waals surface area contributed by atoms with Crippen LogP contribution in [0, 0.1) is 12.8 Å². The Hall–Kier alpha value is -1.02. The monoisotopic (exact) mass is 235 g/mol. The summed E-state index contributed by atoms with van der Waals surface area (Å²) in [5, 5.41) is 3.44. The maximum absolute atomic E-state index is 5.71. The van der Waals surface area contributed by atoms with E-state index < -0.39 is 0 Å². The molecule has 0 radical (unpaired) electrons. The zero-order valence-electron chi connectivity index (χ0n) is 11.3. The second kappa shape index (κ2) is 8.13. The van der Waals surface area contributed by atoms with Crippen LogP contribution >= 0.6 is 0 Å². The first-order valence-electron chi connectivity index (χ1n) is 6.62. The lowest BCUT2D eigenvalue weighted by Gasteiger charge is -2.13. The third-order valence-corrected chi connectivity index (χ3v) is 2.82. The quantitative estimate of drug-likeness (QED) is 0.697. The smallest absolute Gasteiger partial charge is 0.119 e. The average Bonchev–Trinajstić information content (AvgIpc) is 2.32. The van der Waals surface area contributed by atoms with E-state index in [4.69, 9.17) is 4.74 Å². The second-order valence-electron chi connectivity index (χ2n) is 4.76. The van der Waals surface area contributed by atoms with E-state index in [0.717, 1.165) is 31.9 Å². The number of ether oxygens (including phenoxy) is 1. The first-order valence-corrected chi connectivity index (χ1v) is 6.62. The summed E-state index contributed by atoms with van der Waals surface area (Å²) in [5.74, 6) is 1.65. The maximum Gasteiger partial charge on any atom is 0.119 e. The SMILES string of the molecule is CCCNC[C@H](C)CCOc1ccc(C)cc1. The summed E-state index contributed by atoms with van der Waals surface area (Å²) in [6.45, 7) is 9.55. The maximum atomic E-state index is 5.71. The van der Waals surface area contributed by atoms with Crippen molar-refractivity contribution in [2.45, 2.75) is 33.6 Å². The Bertz CT molecular complexity index is 294. The van der Waals surface area contributed by atoms with Gasteiger partial charge in [0.25, 0.3) is 0 Å². The van der Waals surface area contributed by atoms with Gasteiger partial charge >= 0.3 is 0 Å². The van der Waals surface area contributed by atoms with Gasteiger partial charge in [0.05, 0.1) is 6.61 Å². The van der Waals surface area contributed by atoms with E-state index in [0.29, 0.717) is 5.92 Å². The van der Waals surface area contributed by atoms with Gasteiger partial charge < -0.3 is 10.1 Å². The molecule has 0 amide bonds. The molecule has 0 aromatic heterocycles. The average molecular weight is 235 g/mol. The molecule has 0 unspecified atom stereocenters. The van der Waals surface area contributed by atoms with Crippen LogP contribution < -0.4 is 10.1 Å². The van der Waals surface area contributed by atoms with E-state index >= 15 is 0 Å². The zero-order valence-corrected chi connectivity index (χ0v) is 11.3. The normalized spacial score (nSPS) is 12.4. The Morgan fingerprint density at radius 1 is 1.24 bits per heavy atom. The molecule has 1 atom stereocenters. The molecule has 0 aliphatic carbocycles. The van der Waals surface area contributed by atoms with E-state index in [-0.39, 0.29) is 0 Å². The second-order valence-corrected chi connectivity index (χ2v) is 4.76. The highest BCUT2D eigenvalue weighted by molar-refractivity contribution is 5.26. The predicted molar refractivity (Wildman–Crippen MR) is 73.6 cm³/mol. The van der Waals surface area contributed by atoms with Crippen molar-refractivity contribution in [1.29, 1.82) is 0 Å². The summed E-state index contributed by atoms with van der Waals surface area (Å²) in [7, 11) is 0. The molecular weight excluding hydrogens is 210 g/mol. The largest absolute Gasteiger partial charge is 0.494 e. The van der Waals surface area contributed by atoms with Crippen LogP contribution in [0.15, 0.2) is 24.3 Å². The van der Waals surface area contributed by atoms with Crippen molar-refractivity contribution in [3.8, 4) is 5.75 Å². The third-order valence-electron chi connectivity index (χ3n) is 2.82. The van der Waals surface area contributed by atoms with Gasteiger partial charge in [0, 0.05) is 0 Å². The fraction of sp³-hybridized carbons (Fsp3) is 0.600. The van der Waals surface area contributed by atoms with Crippen LogP contribution in [0.4, 0.5) is 0 Å². The molecule has 2 heteroatoms. The fourth-order valence-corrected chi connectivity index (χ4v) is 1.64. The van der Waals surface area contributed by atoms with Crippen molar-refractivity contribution in [1.82, 2.24) is 5.32 Å². The molecule has 0 saturated carbocycles. The molecule has 17 heavy (non-hydrogen) atoms. The molecule has 1 aromatic carbocycles. The fourth-order valence-electron chi connectivity index (χ4n) is 1.64. The minimum Gasteiger partial charge on any atom is -0.494 e. The lowest BCUT2D eigenvalue weighted by molar-refractivity contribution is 0.281. The summed E-state index contributed by atoms with van der Waals surface area (Å²) in [5.41, 5.74) is 1.27. The summed E-state index contributed by atoms with van der Waals surface area (Å²) in [6.07, 6.45) is 2.30. The highest BCUT2D eigenvalue weighted by atomic mass is 16.5. The summed E-state index contributed by atoms with van der Waals surface area (Å²) in [6, 6.07) is 8.24. The van der Waals surface area contributed by atoms with Crippen LogP contribution in [-0.4, -0.2) is 19.7 Å². The number of benzene rings is 1. The molecule has 0 bridgehead atoms. The van der Waals surface area contributed by atoms with Gasteiger partial charge in [0.1, 0.15) is 5.75 Å². The Morgan fingerprint density at radius 2 is 1.94 bits per heavy atom. The molecule has 0 aliphatic heterocycles. The molecule has 96 valence electrons. The lowest BCUT2D eigenvalue weighted by atomic mass is 10.1. The first-order chi connectivity index (χ1) is 8.22. The molecule has 0 heterocycles. The predicted octanol–water partition coefficient (Wildman–Crippen LogP) is 3.40. The van der Waals surface area contributed by atoms with E-state index in [9.17, 15) is 0 Å². The van der Waals surface area contributed by atoms with Crippen molar-refractivity contribution in [2.24, 2.45) is 5.92 Å². The van der Waals surface area contributed by atoms with Gasteiger partial charge in [-0.05, 0) is 50.9 Å². The van der Waals surface area contributed by atoms with Gasteiger partial charge in [-0.1, -0.05) is 31.5 Å². The van der Waals surface area contributed by atoms with Gasteiger partial charge in [-0.25, -0.2) is 0 Å². The molecule has 0 aliphatic rings. The Morgan fingerprint density at radius 3 is 2.59 bits per heavy atom. The van der Waals surface area contributed by atoms with Crippen LogP contribution in [-0.2, 0) is 0 Å². The first kappa shape index (κ1) is 14.0. The van der Waals surface area contributed by atoms with Crippen LogP contribution in [0.3, 0.4) is 0 Å². The topological polar surface area (TPSA) is 21.3 Å². The Kier molecular flexibility index (Phi) is 6.71. The van der Waals surface area contributed by atoms with E-state index in [1.54, 1.807) is 0 Å². The summed E-state index contributed by atoms with van der Waals surface area (Å²) in [4.78, 5) is 0. The van der Waals surface area contributed by atoms with Gasteiger partial charge in [-0.3, -0.25) is 0 Å². The molecule has 0 spiro atoms. The molecule has 1 N–H and O–H groups in total. The van der Waals surface area contributed by atoms with Crippen molar-refractivity contribution in [2.75, 3.05) is 19.7 Å². The highest BCUT2D eigenvalue weighted by Crippen LogP contribution is 2.12. The zero-order chi connectivity index (χ0) is 12.5. The number of hydrogen-bond acceptors (Lipinski definition) is 2. The minimum atomic E-state index is 0.673. The highest BCUT2D eigenvalue weighted by Gasteiger charge is 2.01. The molecule has 1 rings (SSSR count). The number of rotatable bonds is 8. The Labute approximate surface area is 105 Å². The van der Waals surface area contributed by atoms with Gasteiger partial charge in [-0.15, -0.1) is 0 Å². The van der Waals surface area contributed by atoms with Crippen molar-refractivity contribution in [3.63, 3.8) is 0 Å². The van der Waals surface area contributed by atoms with Crippen LogP contribution in [0.1, 0.15) is 32.3 Å². The molecule has 0 saturated heterocycles. The van der Waals surface area contributed by atoms with Crippen LogP contribution in [0.25, 0.3) is 0 Å². The minimum absolute atomic E-state index is 0.673. The number of hydrogen-bond donors (Lipinski definition) is 1. The van der Waals surface area contributed by atoms with Crippen molar-refractivity contribution >= 4 is 0 Å². The molecule has 1 aromatic rings. The van der Waals surface area contributed by atoms with Crippen molar-refractivity contribution in [3.05, 3.63) is 29.8 Å². The van der Waals surface area contributed by atoms with Gasteiger partial charge in [-0.2, -0.15) is 0 Å². The van der Waals surface area contributed by atoms with Gasteiger partial charge in [0.15, 0.2) is 0 Å². The molecular formula is C15H25NO. The number of aryl methyl sites for hydroxylation is 1. The third kappa shape index (κ3) is 6.32.